The van der Waals surface area contributed by atoms with Crippen LogP contribution in [-0.4, -0.2) is 39.3 Å². The van der Waals surface area contributed by atoms with Gasteiger partial charge in [0.2, 0.25) is 0 Å². The molecular formula is C24H34N6O. The second-order valence-corrected chi connectivity index (χ2v) is 8.53. The number of rotatable bonds is 10. The van der Waals surface area contributed by atoms with E-state index in [2.05, 4.69) is 53.5 Å². The number of hydrogen-bond donors (Lipinski definition) is 2. The lowest BCUT2D eigenvalue weighted by molar-refractivity contribution is -0.114. The van der Waals surface area contributed by atoms with Crippen molar-refractivity contribution in [3.05, 3.63) is 66.5 Å². The second-order valence-electron chi connectivity index (χ2n) is 8.53. The molecule has 1 saturated carbocycles. The molecule has 1 aromatic carbocycles. The standard InChI is InChI=1S/C24H34N6O/c1-6-8-12-27-30(5)16-21(22(31)25-7-2)19-10-9-11-20(13-19)24(14-18(3)15-24)23-28-26-17-29(23)4/h7,9-11,13,16-18,27H,2,6,8,12,14-15H2,1,3-5H3,(H,25,31)/b21-16-. The molecule has 2 aromatic rings. The predicted octanol–water partition coefficient (Wildman–Crippen LogP) is 3.37. The molecule has 1 aromatic heterocycles. The molecule has 0 spiro atoms. The highest BCUT2D eigenvalue weighted by Gasteiger charge is 2.48. The predicted molar refractivity (Wildman–Crippen MR) is 124 cm³/mol. The molecule has 31 heavy (non-hydrogen) atoms. The summed E-state index contributed by atoms with van der Waals surface area (Å²) in [5.74, 6) is 1.40. The summed E-state index contributed by atoms with van der Waals surface area (Å²) >= 11 is 0. The van der Waals surface area contributed by atoms with Crippen LogP contribution in [0.15, 0.2) is 49.6 Å². The molecular weight excluding hydrogens is 388 g/mol. The van der Waals surface area contributed by atoms with Crippen molar-refractivity contribution in [3.63, 3.8) is 0 Å². The Hall–Kier alpha value is -2.93. The van der Waals surface area contributed by atoms with E-state index in [1.807, 2.05) is 42.0 Å². The first-order valence-corrected chi connectivity index (χ1v) is 11.0. The first-order valence-electron chi connectivity index (χ1n) is 11.0. The van der Waals surface area contributed by atoms with Crippen molar-refractivity contribution >= 4 is 11.5 Å². The molecule has 0 bridgehead atoms. The Morgan fingerprint density at radius 2 is 2.19 bits per heavy atom. The fraction of sp³-hybridized carbons (Fsp3) is 0.458. The Bertz CT molecular complexity index is 941. The zero-order valence-electron chi connectivity index (χ0n) is 19.1. The van der Waals surface area contributed by atoms with Crippen LogP contribution in [0.2, 0.25) is 0 Å². The van der Waals surface area contributed by atoms with Crippen molar-refractivity contribution in [2.75, 3.05) is 13.6 Å². The highest BCUT2D eigenvalue weighted by molar-refractivity contribution is 6.19. The van der Waals surface area contributed by atoms with E-state index in [0.29, 0.717) is 11.5 Å². The van der Waals surface area contributed by atoms with Gasteiger partial charge in [0.25, 0.3) is 5.91 Å². The summed E-state index contributed by atoms with van der Waals surface area (Å²) in [6, 6.07) is 8.25. The number of nitrogens with zero attached hydrogens (tertiary/aromatic N) is 4. The van der Waals surface area contributed by atoms with Crippen LogP contribution in [0.3, 0.4) is 0 Å². The molecule has 1 aliphatic carbocycles. The lowest BCUT2D eigenvalue weighted by atomic mass is 9.58. The molecule has 0 unspecified atom stereocenters. The minimum Gasteiger partial charge on any atom is -0.329 e. The largest absolute Gasteiger partial charge is 0.329 e. The van der Waals surface area contributed by atoms with Crippen molar-refractivity contribution in [1.29, 1.82) is 0 Å². The maximum Gasteiger partial charge on any atom is 0.257 e. The number of aromatic nitrogens is 3. The molecule has 0 atom stereocenters. The van der Waals surface area contributed by atoms with Crippen molar-refractivity contribution in [1.82, 2.24) is 30.5 Å². The average Bonchev–Trinajstić information content (AvgIpc) is 3.16. The zero-order valence-corrected chi connectivity index (χ0v) is 19.1. The number of benzene rings is 1. The average molecular weight is 423 g/mol. The van der Waals surface area contributed by atoms with Crippen molar-refractivity contribution in [2.45, 2.75) is 44.9 Å². The minimum absolute atomic E-state index is 0.175. The van der Waals surface area contributed by atoms with Gasteiger partial charge in [-0.1, -0.05) is 45.0 Å². The number of hydrazine groups is 1. The van der Waals surface area contributed by atoms with Gasteiger partial charge in [-0.25, -0.2) is 5.43 Å². The van der Waals surface area contributed by atoms with Crippen molar-refractivity contribution < 1.29 is 4.79 Å². The molecule has 166 valence electrons. The Labute approximate surface area is 185 Å². The SMILES string of the molecule is C=CNC(=O)/C(=C\N(C)NCCCC)c1cccc(C2(c3nncn3C)CC(C)C2)c1. The van der Waals surface area contributed by atoms with Crippen molar-refractivity contribution in [3.8, 4) is 0 Å². The van der Waals surface area contributed by atoms with Crippen LogP contribution in [-0.2, 0) is 17.3 Å². The van der Waals surface area contributed by atoms with Gasteiger partial charge in [-0.15, -0.1) is 10.2 Å². The van der Waals surface area contributed by atoms with E-state index in [-0.39, 0.29) is 11.3 Å². The smallest absolute Gasteiger partial charge is 0.257 e. The van der Waals surface area contributed by atoms with Crippen LogP contribution in [0.25, 0.3) is 5.57 Å². The first kappa shape index (κ1) is 22.7. The molecule has 7 heteroatoms. The van der Waals surface area contributed by atoms with E-state index < -0.39 is 0 Å². The summed E-state index contributed by atoms with van der Waals surface area (Å²) in [5.41, 5.74) is 5.74. The molecule has 1 aliphatic rings. The number of carbonyl (C=O) groups excluding carboxylic acids is 1. The summed E-state index contributed by atoms with van der Waals surface area (Å²) in [5, 5.41) is 13.1. The normalized spacial score (nSPS) is 20.8. The molecule has 1 heterocycles. The molecule has 2 N–H and O–H groups in total. The van der Waals surface area contributed by atoms with E-state index in [0.717, 1.165) is 49.2 Å². The first-order chi connectivity index (χ1) is 14.9. The second kappa shape index (κ2) is 9.92. The summed E-state index contributed by atoms with van der Waals surface area (Å²) in [4.78, 5) is 12.9. The summed E-state index contributed by atoms with van der Waals surface area (Å²) in [6.45, 7) is 8.91. The Morgan fingerprint density at radius 1 is 1.42 bits per heavy atom. The summed E-state index contributed by atoms with van der Waals surface area (Å²) < 4.78 is 2.01. The molecule has 1 amide bonds. The number of aryl methyl sites for hydroxylation is 1. The van der Waals surface area contributed by atoms with E-state index in [1.165, 1.54) is 6.20 Å². The zero-order chi connectivity index (χ0) is 22.4. The van der Waals surface area contributed by atoms with Gasteiger partial charge in [-0.05, 0) is 48.6 Å². The third-order valence-corrected chi connectivity index (χ3v) is 5.95. The van der Waals surface area contributed by atoms with Gasteiger partial charge in [0.15, 0.2) is 0 Å². The topological polar surface area (TPSA) is 75.1 Å². The number of carbonyl (C=O) groups is 1. The highest BCUT2D eigenvalue weighted by atomic mass is 16.1. The number of amides is 1. The highest BCUT2D eigenvalue weighted by Crippen LogP contribution is 2.51. The van der Waals surface area contributed by atoms with Gasteiger partial charge < -0.3 is 14.9 Å². The van der Waals surface area contributed by atoms with Gasteiger partial charge in [-0.2, -0.15) is 0 Å². The van der Waals surface area contributed by atoms with Crippen LogP contribution in [0.4, 0.5) is 0 Å². The van der Waals surface area contributed by atoms with Crippen LogP contribution in [0.5, 0.6) is 0 Å². The minimum atomic E-state index is -0.189. The van der Waals surface area contributed by atoms with Crippen molar-refractivity contribution in [2.24, 2.45) is 13.0 Å². The Morgan fingerprint density at radius 3 is 2.81 bits per heavy atom. The summed E-state index contributed by atoms with van der Waals surface area (Å²) in [7, 11) is 3.90. The monoisotopic (exact) mass is 422 g/mol. The van der Waals surface area contributed by atoms with Gasteiger partial charge in [0, 0.05) is 26.8 Å². The third-order valence-electron chi connectivity index (χ3n) is 5.95. The van der Waals surface area contributed by atoms with E-state index in [4.69, 9.17) is 0 Å². The van der Waals surface area contributed by atoms with Crippen LogP contribution in [0.1, 0.15) is 56.5 Å². The molecule has 0 saturated heterocycles. The molecule has 0 aliphatic heterocycles. The number of unbranched alkanes of at least 4 members (excludes halogenated alkanes) is 1. The van der Waals surface area contributed by atoms with E-state index in [9.17, 15) is 4.79 Å². The van der Waals surface area contributed by atoms with E-state index >= 15 is 0 Å². The van der Waals surface area contributed by atoms with Crippen LogP contribution < -0.4 is 10.7 Å². The lowest BCUT2D eigenvalue weighted by Crippen LogP contribution is -2.43. The maximum absolute atomic E-state index is 12.9. The lowest BCUT2D eigenvalue weighted by Gasteiger charge is -2.46. The molecule has 7 nitrogen and oxygen atoms in total. The Kier molecular flexibility index (Phi) is 7.28. The fourth-order valence-corrected chi connectivity index (χ4v) is 4.48. The Balaban J connectivity index is 1.98. The summed E-state index contributed by atoms with van der Waals surface area (Å²) in [6.07, 6.45) is 9.22. The fourth-order valence-electron chi connectivity index (χ4n) is 4.48. The molecule has 0 radical (unpaired) electrons. The number of nitrogens with one attached hydrogen (secondary N) is 2. The van der Waals surface area contributed by atoms with E-state index in [1.54, 1.807) is 6.33 Å². The van der Waals surface area contributed by atoms with Gasteiger partial charge in [0.05, 0.1) is 11.0 Å². The van der Waals surface area contributed by atoms with Gasteiger partial charge >= 0.3 is 0 Å². The molecule has 3 rings (SSSR count). The maximum atomic E-state index is 12.9. The number of hydrogen-bond acceptors (Lipinski definition) is 5. The van der Waals surface area contributed by atoms with Gasteiger partial charge in [0.1, 0.15) is 12.2 Å². The third kappa shape index (κ3) is 4.88. The quantitative estimate of drug-likeness (QED) is 0.349. The molecule has 1 fully saturated rings. The van der Waals surface area contributed by atoms with Crippen LogP contribution in [0, 0.1) is 5.92 Å². The van der Waals surface area contributed by atoms with Gasteiger partial charge in [-0.3, -0.25) is 4.79 Å². The van der Waals surface area contributed by atoms with Crippen LogP contribution >= 0.6 is 0 Å².